The zero-order chi connectivity index (χ0) is 22.9. The number of nitrogens with one attached hydrogen (secondary N) is 1. The van der Waals surface area contributed by atoms with Gasteiger partial charge in [0, 0.05) is 12.6 Å². The summed E-state index contributed by atoms with van der Waals surface area (Å²) >= 11 is 0. The predicted molar refractivity (Wildman–Crippen MR) is 101 cm³/mol. The number of esters is 1. The lowest BCUT2D eigenvalue weighted by Gasteiger charge is -2.07. The number of ether oxygens (including phenoxy) is 2. The lowest BCUT2D eigenvalue weighted by Crippen LogP contribution is -2.30. The fraction of sp³-hybridized carbons (Fsp3) is 0.238. The molecule has 0 radical (unpaired) electrons. The molecule has 0 atom stereocenters. The van der Waals surface area contributed by atoms with E-state index in [2.05, 4.69) is 10.1 Å². The highest BCUT2D eigenvalue weighted by molar-refractivity contribution is 5.89. The second-order valence-corrected chi connectivity index (χ2v) is 6.19. The summed E-state index contributed by atoms with van der Waals surface area (Å²) in [5.41, 5.74) is 0.0720. The maximum atomic E-state index is 12.7. The summed E-state index contributed by atoms with van der Waals surface area (Å²) in [6.07, 6.45) is -2.02. The number of hydrogen-bond donors (Lipinski definition) is 1. The number of hydrogen-bond acceptors (Lipinski definition) is 4. The van der Waals surface area contributed by atoms with Crippen LogP contribution >= 0.6 is 0 Å². The topological polar surface area (TPSA) is 64.6 Å². The summed E-state index contributed by atoms with van der Waals surface area (Å²) in [5.74, 6) is -1.44. The molecule has 31 heavy (non-hydrogen) atoms. The molecule has 0 saturated carbocycles. The van der Waals surface area contributed by atoms with Crippen LogP contribution in [0.2, 0.25) is 0 Å². The second kappa shape index (κ2) is 11.1. The van der Waals surface area contributed by atoms with Crippen LogP contribution in [0.3, 0.4) is 0 Å². The third-order valence-electron chi connectivity index (χ3n) is 3.86. The molecule has 2 rings (SSSR count). The molecule has 0 spiro atoms. The van der Waals surface area contributed by atoms with E-state index in [4.69, 9.17) is 4.74 Å². The summed E-state index contributed by atoms with van der Waals surface area (Å²) < 4.78 is 71.1. The van der Waals surface area contributed by atoms with Gasteiger partial charge in [-0.05, 0) is 47.9 Å². The number of benzene rings is 2. The molecule has 1 N–H and O–H groups in total. The zero-order valence-corrected chi connectivity index (χ0v) is 16.0. The lowest BCUT2D eigenvalue weighted by atomic mass is 10.1. The lowest BCUT2D eigenvalue weighted by molar-refractivity contribution is -0.143. The van der Waals surface area contributed by atoms with Gasteiger partial charge in [-0.1, -0.05) is 24.3 Å². The largest absolute Gasteiger partial charge is 0.452 e. The van der Waals surface area contributed by atoms with Crippen LogP contribution in [0.1, 0.15) is 16.7 Å². The zero-order valence-electron chi connectivity index (χ0n) is 16.0. The molecule has 0 aliphatic heterocycles. The van der Waals surface area contributed by atoms with Crippen molar-refractivity contribution in [1.82, 2.24) is 5.32 Å². The van der Waals surface area contributed by atoms with Gasteiger partial charge in [0.25, 0.3) is 5.91 Å². The minimum Gasteiger partial charge on any atom is -0.452 e. The van der Waals surface area contributed by atoms with E-state index in [9.17, 15) is 31.5 Å². The first-order valence-electron chi connectivity index (χ1n) is 8.96. The standard InChI is InChI=1S/C21H18F5NO4/c22-20(23)31-17-7-4-14(5-8-17)10-11-27-18(28)13-30-19(29)9-6-15-2-1-3-16(12-15)21(24,25)26/h1-9,12,20H,10-11,13H2,(H,27,28)/b9-6+. The summed E-state index contributed by atoms with van der Waals surface area (Å²) in [6.45, 7) is -3.26. The molecule has 0 bridgehead atoms. The van der Waals surface area contributed by atoms with Crippen molar-refractivity contribution in [3.05, 3.63) is 71.3 Å². The van der Waals surface area contributed by atoms with Crippen molar-refractivity contribution in [2.24, 2.45) is 0 Å². The highest BCUT2D eigenvalue weighted by atomic mass is 19.4. The minimum atomic E-state index is -4.50. The van der Waals surface area contributed by atoms with Crippen LogP contribution in [-0.4, -0.2) is 31.6 Å². The Morgan fingerprint density at radius 1 is 1.06 bits per heavy atom. The summed E-state index contributed by atoms with van der Waals surface area (Å²) in [7, 11) is 0. The average Bonchev–Trinajstić information content (AvgIpc) is 2.71. The fourth-order valence-corrected chi connectivity index (χ4v) is 2.40. The van der Waals surface area contributed by atoms with Crippen LogP contribution in [-0.2, 0) is 26.9 Å². The van der Waals surface area contributed by atoms with Crippen LogP contribution < -0.4 is 10.1 Å². The number of amides is 1. The molecule has 2 aromatic rings. The van der Waals surface area contributed by atoms with Gasteiger partial charge in [-0.15, -0.1) is 0 Å². The molecule has 10 heteroatoms. The number of carbonyl (C=O) groups excluding carboxylic acids is 2. The molecule has 5 nitrogen and oxygen atoms in total. The molecule has 0 aliphatic rings. The van der Waals surface area contributed by atoms with Crippen molar-refractivity contribution in [2.45, 2.75) is 19.2 Å². The van der Waals surface area contributed by atoms with Crippen LogP contribution in [0, 0.1) is 0 Å². The van der Waals surface area contributed by atoms with Crippen molar-refractivity contribution < 1.29 is 41.0 Å². The van der Waals surface area contributed by atoms with Gasteiger partial charge >= 0.3 is 18.8 Å². The van der Waals surface area contributed by atoms with Gasteiger partial charge in [0.1, 0.15) is 5.75 Å². The highest BCUT2D eigenvalue weighted by Gasteiger charge is 2.30. The van der Waals surface area contributed by atoms with Crippen molar-refractivity contribution in [3.8, 4) is 5.75 Å². The highest BCUT2D eigenvalue weighted by Crippen LogP contribution is 2.29. The minimum absolute atomic E-state index is 0.0212. The Labute approximate surface area is 174 Å². The van der Waals surface area contributed by atoms with E-state index in [0.717, 1.165) is 29.8 Å². The van der Waals surface area contributed by atoms with Crippen LogP contribution in [0.4, 0.5) is 22.0 Å². The second-order valence-electron chi connectivity index (χ2n) is 6.19. The molecule has 0 aromatic heterocycles. The molecule has 0 saturated heterocycles. The van der Waals surface area contributed by atoms with Gasteiger partial charge in [-0.2, -0.15) is 22.0 Å². The van der Waals surface area contributed by atoms with Crippen molar-refractivity contribution in [3.63, 3.8) is 0 Å². The van der Waals surface area contributed by atoms with E-state index < -0.39 is 36.8 Å². The monoisotopic (exact) mass is 443 g/mol. The third-order valence-corrected chi connectivity index (χ3v) is 3.86. The molecule has 1 amide bonds. The molecule has 0 aliphatic carbocycles. The number of carbonyl (C=O) groups is 2. The Morgan fingerprint density at radius 3 is 2.42 bits per heavy atom. The van der Waals surface area contributed by atoms with Gasteiger partial charge in [0.2, 0.25) is 0 Å². The van der Waals surface area contributed by atoms with E-state index in [1.54, 1.807) is 12.1 Å². The molecular formula is C21H18F5NO4. The molecular weight excluding hydrogens is 425 g/mol. The predicted octanol–water partition coefficient (Wildman–Crippen LogP) is 4.22. The van der Waals surface area contributed by atoms with E-state index in [1.165, 1.54) is 24.3 Å². The summed E-state index contributed by atoms with van der Waals surface area (Å²) in [4.78, 5) is 23.3. The van der Waals surface area contributed by atoms with Crippen molar-refractivity contribution >= 4 is 18.0 Å². The van der Waals surface area contributed by atoms with Crippen molar-refractivity contribution in [1.29, 1.82) is 0 Å². The number of halogens is 5. The SMILES string of the molecule is O=C(COC(=O)/C=C/c1cccc(C(F)(F)F)c1)NCCc1ccc(OC(F)F)cc1. The van der Waals surface area contributed by atoms with Gasteiger partial charge in [0.15, 0.2) is 6.61 Å². The number of alkyl halides is 5. The van der Waals surface area contributed by atoms with Crippen molar-refractivity contribution in [2.75, 3.05) is 13.2 Å². The Hall–Kier alpha value is -3.43. The first-order valence-corrected chi connectivity index (χ1v) is 8.96. The normalized spacial score (nSPS) is 11.5. The molecule has 2 aromatic carbocycles. The van der Waals surface area contributed by atoms with Gasteiger partial charge < -0.3 is 14.8 Å². The summed E-state index contributed by atoms with van der Waals surface area (Å²) in [5, 5.41) is 2.51. The van der Waals surface area contributed by atoms with E-state index in [-0.39, 0.29) is 17.9 Å². The average molecular weight is 443 g/mol. The first-order chi connectivity index (χ1) is 14.6. The van der Waals surface area contributed by atoms with Crippen LogP contribution in [0.25, 0.3) is 6.08 Å². The number of rotatable bonds is 9. The van der Waals surface area contributed by atoms with Gasteiger partial charge in [0.05, 0.1) is 5.56 Å². The van der Waals surface area contributed by atoms with Gasteiger partial charge in [-0.25, -0.2) is 4.79 Å². The third kappa shape index (κ3) is 8.85. The molecule has 166 valence electrons. The quantitative estimate of drug-likeness (QED) is 0.358. The maximum Gasteiger partial charge on any atom is 0.416 e. The van der Waals surface area contributed by atoms with E-state index in [0.29, 0.717) is 6.42 Å². The Bertz CT molecular complexity index is 911. The van der Waals surface area contributed by atoms with Crippen LogP contribution in [0.5, 0.6) is 5.75 Å². The Kier molecular flexibility index (Phi) is 8.53. The summed E-state index contributed by atoms with van der Waals surface area (Å²) in [6, 6.07) is 10.3. The fourth-order valence-electron chi connectivity index (χ4n) is 2.40. The smallest absolute Gasteiger partial charge is 0.416 e. The molecule has 0 unspecified atom stereocenters. The van der Waals surface area contributed by atoms with E-state index >= 15 is 0 Å². The maximum absolute atomic E-state index is 12.7. The molecule has 0 heterocycles. The van der Waals surface area contributed by atoms with Gasteiger partial charge in [-0.3, -0.25) is 4.79 Å². The Balaban J connectivity index is 1.71. The Morgan fingerprint density at radius 2 is 1.77 bits per heavy atom. The molecule has 0 fully saturated rings. The van der Waals surface area contributed by atoms with E-state index in [1.807, 2.05) is 0 Å². The first kappa shape index (κ1) is 23.8. The van der Waals surface area contributed by atoms with Crippen LogP contribution in [0.15, 0.2) is 54.6 Å².